The Hall–Kier alpha value is -1.82. The van der Waals surface area contributed by atoms with Gasteiger partial charge in [-0.15, -0.1) is 0 Å². The van der Waals surface area contributed by atoms with Crippen molar-refractivity contribution in [1.29, 1.82) is 5.26 Å². The first-order valence-corrected chi connectivity index (χ1v) is 4.20. The highest BCUT2D eigenvalue weighted by Gasteiger charge is 2.08. The molecule has 72 valence electrons. The summed E-state index contributed by atoms with van der Waals surface area (Å²) >= 11 is 0. The molecule has 0 bridgehead atoms. The number of benzene rings is 1. The van der Waals surface area contributed by atoms with Gasteiger partial charge in [-0.05, 0) is 25.5 Å². The number of halogens is 1. The summed E-state index contributed by atoms with van der Waals surface area (Å²) in [6, 6.07) is 6.84. The van der Waals surface area contributed by atoms with Gasteiger partial charge in [-0.25, -0.2) is 4.39 Å². The molecule has 0 saturated carbocycles. The molecule has 3 heteroatoms. The van der Waals surface area contributed by atoms with Gasteiger partial charge < -0.3 is 5.73 Å². The van der Waals surface area contributed by atoms with Crippen LogP contribution in [0.2, 0.25) is 0 Å². The molecule has 0 saturated heterocycles. The van der Waals surface area contributed by atoms with Gasteiger partial charge in [0.2, 0.25) is 0 Å². The first-order valence-electron chi connectivity index (χ1n) is 4.20. The lowest BCUT2D eigenvalue weighted by Crippen LogP contribution is -2.03. The van der Waals surface area contributed by atoms with Crippen molar-refractivity contribution in [3.8, 4) is 6.07 Å². The van der Waals surface area contributed by atoms with E-state index < -0.39 is 0 Å². The van der Waals surface area contributed by atoms with Crippen molar-refractivity contribution in [2.75, 3.05) is 0 Å². The Labute approximate surface area is 82.5 Å². The lowest BCUT2D eigenvalue weighted by atomic mass is 10.1. The lowest BCUT2D eigenvalue weighted by molar-refractivity contribution is 0.614. The molecule has 1 aromatic rings. The molecule has 0 atom stereocenters. The number of rotatable bonds is 1. The van der Waals surface area contributed by atoms with E-state index in [1.54, 1.807) is 32.0 Å². The third-order valence-corrected chi connectivity index (χ3v) is 2.05. The van der Waals surface area contributed by atoms with Crippen LogP contribution in [0, 0.1) is 24.1 Å². The first-order chi connectivity index (χ1) is 6.57. The standard InChI is InChI=1S/C11H11FN2/c1-7-4-3-5-9(10(7)12)11(14)8(2)6-13/h3-5H,14H2,1-2H3/b11-8-. The monoisotopic (exact) mass is 190 g/mol. The Morgan fingerprint density at radius 3 is 2.71 bits per heavy atom. The van der Waals surface area contributed by atoms with Crippen molar-refractivity contribution in [2.45, 2.75) is 13.8 Å². The third kappa shape index (κ3) is 1.74. The largest absolute Gasteiger partial charge is 0.397 e. The van der Waals surface area contributed by atoms with E-state index in [2.05, 4.69) is 0 Å². The highest BCUT2D eigenvalue weighted by molar-refractivity contribution is 5.69. The molecule has 2 nitrogen and oxygen atoms in total. The molecule has 0 aliphatic rings. The maximum absolute atomic E-state index is 13.5. The minimum absolute atomic E-state index is 0.203. The van der Waals surface area contributed by atoms with Gasteiger partial charge in [0.15, 0.2) is 0 Å². The molecule has 0 aliphatic carbocycles. The number of nitriles is 1. The van der Waals surface area contributed by atoms with Crippen molar-refractivity contribution in [2.24, 2.45) is 5.73 Å². The molecule has 2 N–H and O–H groups in total. The Morgan fingerprint density at radius 2 is 2.14 bits per heavy atom. The van der Waals surface area contributed by atoms with Gasteiger partial charge in [0.1, 0.15) is 5.82 Å². The van der Waals surface area contributed by atoms with Crippen LogP contribution in [0.15, 0.2) is 23.8 Å². The van der Waals surface area contributed by atoms with Gasteiger partial charge in [0, 0.05) is 5.56 Å². The minimum Gasteiger partial charge on any atom is -0.397 e. The number of hydrogen-bond donors (Lipinski definition) is 1. The van der Waals surface area contributed by atoms with Gasteiger partial charge in [-0.3, -0.25) is 0 Å². The summed E-state index contributed by atoms with van der Waals surface area (Å²) in [5.41, 5.74) is 6.99. The van der Waals surface area contributed by atoms with Crippen molar-refractivity contribution in [3.63, 3.8) is 0 Å². The predicted molar refractivity (Wildman–Crippen MR) is 53.5 cm³/mol. The highest BCUT2D eigenvalue weighted by atomic mass is 19.1. The van der Waals surface area contributed by atoms with Crippen molar-refractivity contribution in [3.05, 3.63) is 40.7 Å². The molecule has 1 aromatic carbocycles. The fourth-order valence-electron chi connectivity index (χ4n) is 1.12. The third-order valence-electron chi connectivity index (χ3n) is 2.05. The molecule has 0 aromatic heterocycles. The summed E-state index contributed by atoms with van der Waals surface area (Å²) in [5.74, 6) is -0.361. The van der Waals surface area contributed by atoms with Crippen LogP contribution in [0.3, 0.4) is 0 Å². The van der Waals surface area contributed by atoms with E-state index >= 15 is 0 Å². The van der Waals surface area contributed by atoms with Crippen molar-refractivity contribution < 1.29 is 4.39 Å². The second-order valence-electron chi connectivity index (χ2n) is 3.09. The van der Waals surface area contributed by atoms with Crippen LogP contribution in [0.1, 0.15) is 18.1 Å². The first kappa shape index (κ1) is 10.3. The zero-order chi connectivity index (χ0) is 10.7. The SMILES string of the molecule is C/C(C#N)=C(/N)c1cccc(C)c1F. The average molecular weight is 190 g/mol. The van der Waals surface area contributed by atoms with Crippen LogP contribution >= 0.6 is 0 Å². The number of nitrogens with two attached hydrogens (primary N) is 1. The van der Waals surface area contributed by atoms with Crippen LogP contribution in [0.5, 0.6) is 0 Å². The molecule has 0 radical (unpaired) electrons. The van der Waals surface area contributed by atoms with Gasteiger partial charge in [0.25, 0.3) is 0 Å². The fraction of sp³-hybridized carbons (Fsp3) is 0.182. The second kappa shape index (κ2) is 3.93. The summed E-state index contributed by atoms with van der Waals surface area (Å²) in [7, 11) is 0. The maximum atomic E-state index is 13.5. The quantitative estimate of drug-likeness (QED) is 0.691. The summed E-state index contributed by atoms with van der Waals surface area (Å²) in [4.78, 5) is 0. The van der Waals surface area contributed by atoms with Crippen LogP contribution in [-0.2, 0) is 0 Å². The van der Waals surface area contributed by atoms with E-state index in [0.29, 0.717) is 16.7 Å². The molecule has 1 rings (SSSR count). The van der Waals surface area contributed by atoms with E-state index in [-0.39, 0.29) is 11.5 Å². The molecule has 0 amide bonds. The zero-order valence-electron chi connectivity index (χ0n) is 8.13. The molecule has 0 aliphatic heterocycles. The van der Waals surface area contributed by atoms with E-state index in [4.69, 9.17) is 11.0 Å². The van der Waals surface area contributed by atoms with E-state index in [1.165, 1.54) is 0 Å². The fourth-order valence-corrected chi connectivity index (χ4v) is 1.12. The van der Waals surface area contributed by atoms with E-state index in [0.717, 1.165) is 0 Å². The van der Waals surface area contributed by atoms with Crippen molar-refractivity contribution in [1.82, 2.24) is 0 Å². The Bertz CT molecular complexity index is 427. The van der Waals surface area contributed by atoms with E-state index in [1.807, 2.05) is 6.07 Å². The topological polar surface area (TPSA) is 49.8 Å². The highest BCUT2D eigenvalue weighted by Crippen LogP contribution is 2.19. The number of hydrogen-bond acceptors (Lipinski definition) is 2. The summed E-state index contributed by atoms with van der Waals surface area (Å²) in [6.07, 6.45) is 0. The van der Waals surface area contributed by atoms with Crippen LogP contribution in [0.25, 0.3) is 5.70 Å². The number of nitrogens with zero attached hydrogens (tertiary/aromatic N) is 1. The molecular weight excluding hydrogens is 179 g/mol. The molecule has 0 heterocycles. The smallest absolute Gasteiger partial charge is 0.135 e. The van der Waals surface area contributed by atoms with Gasteiger partial charge in [-0.1, -0.05) is 12.1 Å². The number of aryl methyl sites for hydroxylation is 1. The van der Waals surface area contributed by atoms with Crippen LogP contribution in [0.4, 0.5) is 4.39 Å². The summed E-state index contributed by atoms with van der Waals surface area (Å²) in [6.45, 7) is 3.23. The molecule has 0 fully saturated rings. The molecule has 0 unspecified atom stereocenters. The van der Waals surface area contributed by atoms with Gasteiger partial charge >= 0.3 is 0 Å². The van der Waals surface area contributed by atoms with Gasteiger partial charge in [0.05, 0.1) is 17.3 Å². The lowest BCUT2D eigenvalue weighted by Gasteiger charge is -2.06. The average Bonchev–Trinajstić information content (AvgIpc) is 2.20. The predicted octanol–water partition coefficient (Wildman–Crippen LogP) is 2.35. The minimum atomic E-state index is -0.361. The Kier molecular flexibility index (Phi) is 2.88. The molecule has 14 heavy (non-hydrogen) atoms. The Morgan fingerprint density at radius 1 is 1.50 bits per heavy atom. The van der Waals surface area contributed by atoms with Crippen LogP contribution in [-0.4, -0.2) is 0 Å². The Balaban J connectivity index is 3.36. The van der Waals surface area contributed by atoms with Gasteiger partial charge in [-0.2, -0.15) is 5.26 Å². The maximum Gasteiger partial charge on any atom is 0.135 e. The normalized spacial score (nSPS) is 11.9. The molecular formula is C11H11FN2. The summed E-state index contributed by atoms with van der Waals surface area (Å²) in [5, 5.41) is 8.62. The van der Waals surface area contributed by atoms with E-state index in [9.17, 15) is 4.39 Å². The molecule has 0 spiro atoms. The van der Waals surface area contributed by atoms with Crippen LogP contribution < -0.4 is 5.73 Å². The van der Waals surface area contributed by atoms with Crippen molar-refractivity contribution >= 4 is 5.70 Å². The number of allylic oxidation sites excluding steroid dienone is 1. The zero-order valence-corrected chi connectivity index (χ0v) is 8.13. The second-order valence-corrected chi connectivity index (χ2v) is 3.09. The summed E-state index contributed by atoms with van der Waals surface area (Å²) < 4.78 is 13.5.